The molecule has 0 unspecified atom stereocenters. The van der Waals surface area contributed by atoms with Gasteiger partial charge in [-0.2, -0.15) is 0 Å². The Kier molecular flexibility index (Phi) is 1.72. The van der Waals surface area contributed by atoms with Gasteiger partial charge in [-0.05, 0) is 25.5 Å². The molecule has 3 nitrogen and oxygen atoms in total. The zero-order valence-electron chi connectivity index (χ0n) is 6.38. The molecule has 3 heteroatoms. The fourth-order valence-electron chi connectivity index (χ4n) is 1.11. The maximum Gasteiger partial charge on any atom is 0.176 e. The SMILES string of the molecule is CC(=O)[C@@H]1C(=O)C=C(C)C1=O. The van der Waals surface area contributed by atoms with Gasteiger partial charge >= 0.3 is 0 Å². The smallest absolute Gasteiger partial charge is 0.176 e. The summed E-state index contributed by atoms with van der Waals surface area (Å²) in [6.07, 6.45) is 1.23. The third-order valence-electron chi connectivity index (χ3n) is 1.70. The molecular formula is C8H8O3. The van der Waals surface area contributed by atoms with Gasteiger partial charge in [0, 0.05) is 0 Å². The molecule has 1 rings (SSSR count). The van der Waals surface area contributed by atoms with Gasteiger partial charge in [0.05, 0.1) is 0 Å². The predicted octanol–water partition coefficient (Wildman–Crippen LogP) is 0.290. The first-order chi connectivity index (χ1) is 5.04. The number of ketones is 3. The van der Waals surface area contributed by atoms with Gasteiger partial charge in [0.15, 0.2) is 11.6 Å². The molecule has 0 heterocycles. The topological polar surface area (TPSA) is 51.2 Å². The van der Waals surface area contributed by atoms with E-state index in [-0.39, 0.29) is 17.3 Å². The van der Waals surface area contributed by atoms with E-state index in [0.29, 0.717) is 5.57 Å². The first-order valence-electron chi connectivity index (χ1n) is 3.31. The lowest BCUT2D eigenvalue weighted by molar-refractivity contribution is -0.134. The van der Waals surface area contributed by atoms with E-state index >= 15 is 0 Å². The minimum absolute atomic E-state index is 0.345. The second-order valence-electron chi connectivity index (χ2n) is 2.64. The maximum absolute atomic E-state index is 11.0. The number of rotatable bonds is 1. The molecule has 58 valence electrons. The summed E-state index contributed by atoms with van der Waals surface area (Å²) in [4.78, 5) is 32.7. The van der Waals surface area contributed by atoms with Gasteiger partial charge in [-0.15, -0.1) is 0 Å². The number of Topliss-reactive ketones (excluding diaryl/α,β-unsaturated/α-hetero) is 2. The summed E-state index contributed by atoms with van der Waals surface area (Å²) in [6, 6.07) is 0. The molecule has 0 saturated heterocycles. The molecular weight excluding hydrogens is 144 g/mol. The van der Waals surface area contributed by atoms with Crippen molar-refractivity contribution in [2.45, 2.75) is 13.8 Å². The summed E-state index contributed by atoms with van der Waals surface area (Å²) in [5, 5.41) is 0. The van der Waals surface area contributed by atoms with E-state index < -0.39 is 5.92 Å². The van der Waals surface area contributed by atoms with E-state index in [0.717, 1.165) is 0 Å². The Morgan fingerprint density at radius 2 is 2.00 bits per heavy atom. The van der Waals surface area contributed by atoms with Crippen LogP contribution in [-0.4, -0.2) is 17.3 Å². The van der Waals surface area contributed by atoms with Gasteiger partial charge in [-0.1, -0.05) is 0 Å². The zero-order chi connectivity index (χ0) is 8.59. The van der Waals surface area contributed by atoms with Gasteiger partial charge in [-0.3, -0.25) is 14.4 Å². The van der Waals surface area contributed by atoms with Crippen LogP contribution in [0.3, 0.4) is 0 Å². The lowest BCUT2D eigenvalue weighted by atomic mass is 9.99. The summed E-state index contributed by atoms with van der Waals surface area (Å²) in [5.74, 6) is -2.12. The van der Waals surface area contributed by atoms with Crippen molar-refractivity contribution in [1.29, 1.82) is 0 Å². The van der Waals surface area contributed by atoms with Crippen molar-refractivity contribution >= 4 is 17.3 Å². The number of carbonyl (C=O) groups excluding carboxylic acids is 3. The second-order valence-corrected chi connectivity index (χ2v) is 2.64. The molecule has 1 atom stereocenters. The first kappa shape index (κ1) is 7.85. The summed E-state index contributed by atoms with van der Waals surface area (Å²) in [5.41, 5.74) is 0.384. The zero-order valence-corrected chi connectivity index (χ0v) is 6.38. The van der Waals surface area contributed by atoms with Gasteiger partial charge in [-0.25, -0.2) is 0 Å². The molecule has 0 fully saturated rings. The van der Waals surface area contributed by atoms with Crippen LogP contribution < -0.4 is 0 Å². The van der Waals surface area contributed by atoms with E-state index in [2.05, 4.69) is 0 Å². The fourth-order valence-corrected chi connectivity index (χ4v) is 1.11. The average Bonchev–Trinajstić information content (AvgIpc) is 2.07. The second kappa shape index (κ2) is 2.42. The van der Waals surface area contributed by atoms with Crippen molar-refractivity contribution in [2.24, 2.45) is 5.92 Å². The minimum Gasteiger partial charge on any atom is -0.299 e. The molecule has 0 amide bonds. The van der Waals surface area contributed by atoms with Crippen LogP contribution in [0.2, 0.25) is 0 Å². The van der Waals surface area contributed by atoms with Crippen molar-refractivity contribution < 1.29 is 14.4 Å². The number of hydrogen-bond acceptors (Lipinski definition) is 3. The largest absolute Gasteiger partial charge is 0.299 e. The van der Waals surface area contributed by atoms with E-state index in [4.69, 9.17) is 0 Å². The molecule has 0 aromatic carbocycles. The van der Waals surface area contributed by atoms with Gasteiger partial charge in [0.2, 0.25) is 0 Å². The summed E-state index contributed by atoms with van der Waals surface area (Å²) < 4.78 is 0. The van der Waals surface area contributed by atoms with Crippen LogP contribution in [0.4, 0.5) is 0 Å². The highest BCUT2D eigenvalue weighted by atomic mass is 16.2. The van der Waals surface area contributed by atoms with Gasteiger partial charge in [0.25, 0.3) is 0 Å². The Labute approximate surface area is 64.1 Å². The third-order valence-corrected chi connectivity index (χ3v) is 1.70. The maximum atomic E-state index is 11.0. The fraction of sp³-hybridized carbons (Fsp3) is 0.375. The Hall–Kier alpha value is -1.25. The molecule has 0 aliphatic heterocycles. The van der Waals surface area contributed by atoms with Gasteiger partial charge in [0.1, 0.15) is 11.7 Å². The normalized spacial score (nSPS) is 23.8. The monoisotopic (exact) mass is 152 g/mol. The van der Waals surface area contributed by atoms with Crippen molar-refractivity contribution in [3.8, 4) is 0 Å². The molecule has 0 aromatic heterocycles. The highest BCUT2D eigenvalue weighted by Crippen LogP contribution is 2.17. The highest BCUT2D eigenvalue weighted by Gasteiger charge is 2.35. The molecule has 11 heavy (non-hydrogen) atoms. The number of carbonyl (C=O) groups is 3. The first-order valence-corrected chi connectivity index (χ1v) is 3.31. The Morgan fingerprint density at radius 3 is 2.18 bits per heavy atom. The van der Waals surface area contributed by atoms with E-state index in [1.165, 1.54) is 13.0 Å². The lowest BCUT2D eigenvalue weighted by Gasteiger charge is -1.99. The molecule has 1 aliphatic carbocycles. The number of hydrogen-bond donors (Lipinski definition) is 0. The molecule has 0 saturated carbocycles. The van der Waals surface area contributed by atoms with E-state index in [1.807, 2.05) is 0 Å². The third kappa shape index (κ3) is 1.13. The molecule has 0 N–H and O–H groups in total. The van der Waals surface area contributed by atoms with Crippen LogP contribution in [0, 0.1) is 5.92 Å². The average molecular weight is 152 g/mol. The molecule has 0 bridgehead atoms. The van der Waals surface area contributed by atoms with Crippen LogP contribution in [0.1, 0.15) is 13.8 Å². The summed E-state index contributed by atoms with van der Waals surface area (Å²) in [6.45, 7) is 2.80. The Balaban J connectivity index is 2.99. The Morgan fingerprint density at radius 1 is 1.45 bits per heavy atom. The molecule has 0 aromatic rings. The minimum atomic E-state index is -1.03. The van der Waals surface area contributed by atoms with Crippen molar-refractivity contribution in [1.82, 2.24) is 0 Å². The summed E-state index contributed by atoms with van der Waals surface area (Å²) in [7, 11) is 0. The van der Waals surface area contributed by atoms with Crippen molar-refractivity contribution in [2.75, 3.05) is 0 Å². The Bertz CT molecular complexity index is 273. The van der Waals surface area contributed by atoms with Crippen LogP contribution in [0.25, 0.3) is 0 Å². The molecule has 1 aliphatic rings. The van der Waals surface area contributed by atoms with Crippen LogP contribution >= 0.6 is 0 Å². The van der Waals surface area contributed by atoms with Crippen molar-refractivity contribution in [3.63, 3.8) is 0 Å². The van der Waals surface area contributed by atoms with Crippen LogP contribution in [0.15, 0.2) is 11.6 Å². The van der Waals surface area contributed by atoms with Gasteiger partial charge < -0.3 is 0 Å². The summed E-state index contributed by atoms with van der Waals surface area (Å²) >= 11 is 0. The quantitative estimate of drug-likeness (QED) is 0.507. The number of allylic oxidation sites excluding steroid dienone is 2. The van der Waals surface area contributed by atoms with E-state index in [9.17, 15) is 14.4 Å². The molecule has 0 spiro atoms. The van der Waals surface area contributed by atoms with Crippen LogP contribution in [0.5, 0.6) is 0 Å². The van der Waals surface area contributed by atoms with Crippen molar-refractivity contribution in [3.05, 3.63) is 11.6 Å². The lowest BCUT2D eigenvalue weighted by Crippen LogP contribution is -2.23. The standard InChI is InChI=1S/C8H8O3/c1-4-3-6(10)7(5(2)9)8(4)11/h3,7H,1-2H3/t7-/m1/s1. The predicted molar refractivity (Wildman–Crippen MR) is 37.9 cm³/mol. The van der Waals surface area contributed by atoms with E-state index in [1.54, 1.807) is 6.92 Å². The highest BCUT2D eigenvalue weighted by molar-refractivity contribution is 6.31. The van der Waals surface area contributed by atoms with Crippen LogP contribution in [-0.2, 0) is 14.4 Å². The molecule has 0 radical (unpaired) electrons.